The molecule has 3 nitrogen and oxygen atoms in total. The lowest BCUT2D eigenvalue weighted by Gasteiger charge is -2.32. The van der Waals surface area contributed by atoms with Crippen molar-refractivity contribution in [1.82, 2.24) is 4.90 Å². The largest absolute Gasteiger partial charge is 0.381 e. The van der Waals surface area contributed by atoms with Crippen LogP contribution in [0.5, 0.6) is 0 Å². The highest BCUT2D eigenvalue weighted by molar-refractivity contribution is 5.44. The number of anilines is 1. The van der Waals surface area contributed by atoms with E-state index in [-0.39, 0.29) is 5.82 Å². The molecule has 0 aromatic heterocycles. The number of nitrogens with zero attached hydrogens (tertiary/aromatic N) is 1. The lowest BCUT2D eigenvalue weighted by molar-refractivity contribution is -0.0282. The SMILES string of the molecule is CCC1CN(CCNc2ccccc2F)CCO1. The third-order valence-electron chi connectivity index (χ3n) is 3.30. The number of ether oxygens (including phenoxy) is 1. The van der Waals surface area contributed by atoms with E-state index < -0.39 is 0 Å². The molecule has 1 heterocycles. The molecule has 0 amide bonds. The Morgan fingerprint density at radius 2 is 2.28 bits per heavy atom. The Hall–Kier alpha value is -1.13. The summed E-state index contributed by atoms with van der Waals surface area (Å²) in [5.41, 5.74) is 0.581. The smallest absolute Gasteiger partial charge is 0.146 e. The van der Waals surface area contributed by atoms with E-state index in [0.29, 0.717) is 11.8 Å². The second-order valence-electron chi connectivity index (χ2n) is 4.61. The Bertz CT molecular complexity index is 373. The van der Waals surface area contributed by atoms with Crippen LogP contribution >= 0.6 is 0 Å². The average molecular weight is 252 g/mol. The molecule has 0 bridgehead atoms. The van der Waals surface area contributed by atoms with Crippen LogP contribution in [0.4, 0.5) is 10.1 Å². The Morgan fingerprint density at radius 3 is 3.06 bits per heavy atom. The van der Waals surface area contributed by atoms with Gasteiger partial charge in [-0.15, -0.1) is 0 Å². The van der Waals surface area contributed by atoms with Crippen molar-refractivity contribution in [3.63, 3.8) is 0 Å². The molecule has 1 saturated heterocycles. The van der Waals surface area contributed by atoms with E-state index in [9.17, 15) is 4.39 Å². The van der Waals surface area contributed by atoms with Gasteiger partial charge >= 0.3 is 0 Å². The first-order chi connectivity index (χ1) is 8.79. The molecule has 2 rings (SSSR count). The molecule has 1 aliphatic rings. The molecule has 1 N–H and O–H groups in total. The molecule has 1 aromatic carbocycles. The molecule has 0 radical (unpaired) electrons. The molecule has 1 fully saturated rings. The minimum absolute atomic E-state index is 0.189. The summed E-state index contributed by atoms with van der Waals surface area (Å²) in [4.78, 5) is 2.37. The number of nitrogens with one attached hydrogen (secondary N) is 1. The van der Waals surface area contributed by atoms with Gasteiger partial charge in [0.25, 0.3) is 0 Å². The topological polar surface area (TPSA) is 24.5 Å². The number of para-hydroxylation sites is 1. The van der Waals surface area contributed by atoms with Crippen LogP contribution in [0.15, 0.2) is 24.3 Å². The van der Waals surface area contributed by atoms with Gasteiger partial charge in [0.2, 0.25) is 0 Å². The summed E-state index contributed by atoms with van der Waals surface area (Å²) in [5.74, 6) is -0.189. The maximum absolute atomic E-state index is 13.4. The van der Waals surface area contributed by atoms with Gasteiger partial charge < -0.3 is 10.1 Å². The van der Waals surface area contributed by atoms with Gasteiger partial charge in [0.15, 0.2) is 0 Å². The predicted molar refractivity (Wildman–Crippen MR) is 71.4 cm³/mol. The summed E-state index contributed by atoms with van der Waals surface area (Å²) in [6, 6.07) is 6.79. The van der Waals surface area contributed by atoms with Crippen molar-refractivity contribution >= 4 is 5.69 Å². The fraction of sp³-hybridized carbons (Fsp3) is 0.571. The van der Waals surface area contributed by atoms with Crippen molar-refractivity contribution in [2.24, 2.45) is 0 Å². The van der Waals surface area contributed by atoms with Gasteiger partial charge in [-0.25, -0.2) is 4.39 Å². The van der Waals surface area contributed by atoms with Crippen LogP contribution in [0.1, 0.15) is 13.3 Å². The minimum Gasteiger partial charge on any atom is -0.381 e. The van der Waals surface area contributed by atoms with Gasteiger partial charge in [0.05, 0.1) is 18.4 Å². The maximum atomic E-state index is 13.4. The minimum atomic E-state index is -0.189. The molecule has 18 heavy (non-hydrogen) atoms. The summed E-state index contributed by atoms with van der Waals surface area (Å²) in [6.07, 6.45) is 1.41. The van der Waals surface area contributed by atoms with E-state index in [1.165, 1.54) is 6.07 Å². The van der Waals surface area contributed by atoms with E-state index in [4.69, 9.17) is 4.74 Å². The van der Waals surface area contributed by atoms with Gasteiger partial charge in [-0.3, -0.25) is 4.90 Å². The molecule has 0 aliphatic carbocycles. The fourth-order valence-corrected chi connectivity index (χ4v) is 2.18. The maximum Gasteiger partial charge on any atom is 0.146 e. The Labute approximate surface area is 108 Å². The first-order valence-electron chi connectivity index (χ1n) is 6.62. The van der Waals surface area contributed by atoms with Crippen LogP contribution in [0, 0.1) is 5.82 Å². The van der Waals surface area contributed by atoms with E-state index >= 15 is 0 Å². The summed E-state index contributed by atoms with van der Waals surface area (Å²) in [6.45, 7) is 6.58. The summed E-state index contributed by atoms with van der Waals surface area (Å²) < 4.78 is 19.0. The molecular weight excluding hydrogens is 231 g/mol. The Kier molecular flexibility index (Phi) is 4.96. The molecular formula is C14H21FN2O. The van der Waals surface area contributed by atoms with Crippen molar-refractivity contribution in [3.8, 4) is 0 Å². The van der Waals surface area contributed by atoms with Crippen molar-refractivity contribution in [2.45, 2.75) is 19.4 Å². The molecule has 100 valence electrons. The second kappa shape index (κ2) is 6.71. The molecule has 1 unspecified atom stereocenters. The molecule has 1 aliphatic heterocycles. The zero-order valence-electron chi connectivity index (χ0n) is 10.9. The van der Waals surface area contributed by atoms with Gasteiger partial charge in [-0.05, 0) is 18.6 Å². The number of rotatable bonds is 5. The number of hydrogen-bond donors (Lipinski definition) is 1. The van der Waals surface area contributed by atoms with Crippen LogP contribution in [0.25, 0.3) is 0 Å². The van der Waals surface area contributed by atoms with Crippen molar-refractivity contribution in [2.75, 3.05) is 38.1 Å². The normalized spacial score (nSPS) is 20.9. The summed E-state index contributed by atoms with van der Waals surface area (Å²) >= 11 is 0. The van der Waals surface area contributed by atoms with Crippen LogP contribution in [0.2, 0.25) is 0 Å². The summed E-state index contributed by atoms with van der Waals surface area (Å²) in [5, 5.41) is 3.14. The highest BCUT2D eigenvalue weighted by Gasteiger charge is 2.18. The van der Waals surface area contributed by atoms with Gasteiger partial charge in [0.1, 0.15) is 5.82 Å². The molecule has 1 aromatic rings. The quantitative estimate of drug-likeness (QED) is 0.870. The number of hydrogen-bond acceptors (Lipinski definition) is 3. The first-order valence-corrected chi connectivity index (χ1v) is 6.62. The number of halogens is 1. The predicted octanol–water partition coefficient (Wildman–Crippen LogP) is 2.35. The zero-order chi connectivity index (χ0) is 12.8. The lowest BCUT2D eigenvalue weighted by atomic mass is 10.2. The van der Waals surface area contributed by atoms with Gasteiger partial charge in [-0.2, -0.15) is 0 Å². The molecule has 0 spiro atoms. The van der Waals surface area contributed by atoms with E-state index in [0.717, 1.165) is 39.2 Å². The van der Waals surface area contributed by atoms with Crippen LogP contribution in [-0.4, -0.2) is 43.8 Å². The Morgan fingerprint density at radius 1 is 1.44 bits per heavy atom. The molecule has 1 atom stereocenters. The summed E-state index contributed by atoms with van der Waals surface area (Å²) in [7, 11) is 0. The Balaban J connectivity index is 1.73. The lowest BCUT2D eigenvalue weighted by Crippen LogP contribution is -2.43. The third-order valence-corrected chi connectivity index (χ3v) is 3.30. The zero-order valence-corrected chi connectivity index (χ0v) is 10.9. The standard InChI is InChI=1S/C14H21FN2O/c1-2-12-11-17(9-10-18-12)8-7-16-14-6-4-3-5-13(14)15/h3-6,12,16H,2,7-11H2,1H3. The van der Waals surface area contributed by atoms with Crippen LogP contribution in [0.3, 0.4) is 0 Å². The monoisotopic (exact) mass is 252 g/mol. The fourth-order valence-electron chi connectivity index (χ4n) is 2.18. The number of benzene rings is 1. The van der Waals surface area contributed by atoms with E-state index in [1.54, 1.807) is 12.1 Å². The average Bonchev–Trinajstić information content (AvgIpc) is 2.41. The molecule has 0 saturated carbocycles. The molecule has 4 heteroatoms. The van der Waals surface area contributed by atoms with Gasteiger partial charge in [-0.1, -0.05) is 19.1 Å². The van der Waals surface area contributed by atoms with Gasteiger partial charge in [0, 0.05) is 26.2 Å². The van der Waals surface area contributed by atoms with Crippen LogP contribution < -0.4 is 5.32 Å². The van der Waals surface area contributed by atoms with E-state index in [1.807, 2.05) is 6.07 Å². The van der Waals surface area contributed by atoms with Crippen molar-refractivity contribution in [1.29, 1.82) is 0 Å². The van der Waals surface area contributed by atoms with Crippen molar-refractivity contribution in [3.05, 3.63) is 30.1 Å². The van der Waals surface area contributed by atoms with E-state index in [2.05, 4.69) is 17.1 Å². The van der Waals surface area contributed by atoms with Crippen LogP contribution in [-0.2, 0) is 4.74 Å². The number of morpholine rings is 1. The van der Waals surface area contributed by atoms with Crippen molar-refractivity contribution < 1.29 is 9.13 Å². The first kappa shape index (κ1) is 13.3. The second-order valence-corrected chi connectivity index (χ2v) is 4.61. The highest BCUT2D eigenvalue weighted by Crippen LogP contribution is 2.12. The third kappa shape index (κ3) is 3.68. The highest BCUT2D eigenvalue weighted by atomic mass is 19.1.